The van der Waals surface area contributed by atoms with E-state index in [0.717, 1.165) is 6.54 Å². The summed E-state index contributed by atoms with van der Waals surface area (Å²) < 4.78 is 9.35. The molecule has 2 aromatic heterocycles. The predicted molar refractivity (Wildman–Crippen MR) is 112 cm³/mol. The minimum atomic E-state index is -0.750. The Labute approximate surface area is 176 Å². The summed E-state index contributed by atoms with van der Waals surface area (Å²) >= 11 is 5.85. The van der Waals surface area contributed by atoms with Gasteiger partial charge in [-0.1, -0.05) is 45.7 Å². The molecule has 0 radical (unpaired) electrons. The van der Waals surface area contributed by atoms with Crippen molar-refractivity contribution in [3.63, 3.8) is 0 Å². The highest BCUT2D eigenvalue weighted by Gasteiger charge is 2.34. The molecule has 0 fully saturated rings. The van der Waals surface area contributed by atoms with Gasteiger partial charge in [-0.3, -0.25) is 0 Å². The van der Waals surface area contributed by atoms with E-state index in [0.29, 0.717) is 10.8 Å². The Bertz CT molecular complexity index is 801. The molecule has 0 amide bonds. The number of aromatic nitrogens is 6. The molecule has 2 unspecified atom stereocenters. The molecule has 1 aromatic carbocycles. The lowest BCUT2D eigenvalue weighted by atomic mass is 9.88. The average molecular weight is 421 g/mol. The van der Waals surface area contributed by atoms with Gasteiger partial charge in [-0.15, -0.1) is 10.2 Å². The summed E-state index contributed by atoms with van der Waals surface area (Å²) in [6.45, 7) is 9.03. The minimum absolute atomic E-state index is 0.358. The van der Waals surface area contributed by atoms with Gasteiger partial charge in [0.25, 0.3) is 0 Å². The second-order valence-corrected chi connectivity index (χ2v) is 8.14. The van der Waals surface area contributed by atoms with Crippen molar-refractivity contribution in [2.75, 3.05) is 0 Å². The number of halogens is 1. The molecule has 2 atom stereocenters. The van der Waals surface area contributed by atoms with Crippen molar-refractivity contribution >= 4 is 11.6 Å². The van der Waals surface area contributed by atoms with Crippen molar-refractivity contribution < 1.29 is 9.84 Å². The van der Waals surface area contributed by atoms with Crippen LogP contribution in [0.2, 0.25) is 5.02 Å². The zero-order valence-corrected chi connectivity index (χ0v) is 18.1. The van der Waals surface area contributed by atoms with Crippen molar-refractivity contribution in [3.8, 4) is 5.75 Å². The van der Waals surface area contributed by atoms with Crippen LogP contribution in [-0.4, -0.2) is 40.7 Å². The normalized spacial score (nSPS) is 13.3. The van der Waals surface area contributed by atoms with Crippen LogP contribution in [0.4, 0.5) is 0 Å². The number of rotatable bonds is 7. The summed E-state index contributed by atoms with van der Waals surface area (Å²) in [6, 6.07) is 6.97. The van der Waals surface area contributed by atoms with E-state index >= 15 is 0 Å². The summed E-state index contributed by atoms with van der Waals surface area (Å²) in [4.78, 5) is 3.90. The van der Waals surface area contributed by atoms with Crippen molar-refractivity contribution in [3.05, 3.63) is 54.6 Å². The van der Waals surface area contributed by atoms with Gasteiger partial charge in [0.2, 0.25) is 6.23 Å². The van der Waals surface area contributed by atoms with Gasteiger partial charge in [0.15, 0.2) is 0 Å². The Morgan fingerprint density at radius 3 is 2.28 bits per heavy atom. The van der Waals surface area contributed by atoms with E-state index in [4.69, 9.17) is 16.3 Å². The number of aryl methyl sites for hydroxylation is 1. The molecule has 0 bridgehead atoms. The lowest BCUT2D eigenvalue weighted by Gasteiger charge is -2.32. The Hall–Kier alpha value is -2.45. The summed E-state index contributed by atoms with van der Waals surface area (Å²) in [5.41, 5.74) is -0.358. The quantitative estimate of drug-likeness (QED) is 0.621. The third-order valence-electron chi connectivity index (χ3n) is 4.16. The van der Waals surface area contributed by atoms with Gasteiger partial charge in [-0.05, 0) is 36.1 Å². The molecule has 1 N–H and O–H groups in total. The molecule has 2 heterocycles. The standard InChI is InChI=1S/C14H18ClN3O2.C6H11N3/c1-14(2,3)12(19)13(18-9-16-8-17-18)20-11-6-4-10(15)5-7-11;1-2-3-4-9-5-7-8-6-9/h4-9,12-13,19H,1-3H3;5-6H,2-4H2,1H3. The summed E-state index contributed by atoms with van der Waals surface area (Å²) in [7, 11) is 0. The molecule has 0 spiro atoms. The molecule has 0 saturated heterocycles. The fraction of sp³-hybridized carbons (Fsp3) is 0.500. The van der Waals surface area contributed by atoms with Crippen LogP contribution in [0.15, 0.2) is 49.6 Å². The minimum Gasteiger partial charge on any atom is -0.466 e. The molecular weight excluding hydrogens is 392 g/mol. The molecule has 9 heteroatoms. The van der Waals surface area contributed by atoms with Crippen LogP contribution in [0.3, 0.4) is 0 Å². The molecule has 0 aliphatic carbocycles. The average Bonchev–Trinajstić information content (AvgIpc) is 3.39. The van der Waals surface area contributed by atoms with Gasteiger partial charge in [-0.25, -0.2) is 9.67 Å². The van der Waals surface area contributed by atoms with Crippen LogP contribution in [0.5, 0.6) is 5.75 Å². The second kappa shape index (κ2) is 10.9. The lowest BCUT2D eigenvalue weighted by molar-refractivity contribution is -0.0731. The fourth-order valence-corrected chi connectivity index (χ4v) is 2.50. The van der Waals surface area contributed by atoms with E-state index in [9.17, 15) is 5.11 Å². The van der Waals surface area contributed by atoms with Crippen LogP contribution < -0.4 is 4.74 Å². The third-order valence-corrected chi connectivity index (χ3v) is 4.41. The smallest absolute Gasteiger partial charge is 0.219 e. The van der Waals surface area contributed by atoms with Crippen molar-refractivity contribution in [2.24, 2.45) is 5.41 Å². The van der Waals surface area contributed by atoms with Crippen molar-refractivity contribution in [2.45, 2.75) is 59.4 Å². The van der Waals surface area contributed by atoms with Gasteiger partial charge in [0.05, 0.1) is 0 Å². The number of unbranched alkanes of at least 4 members (excludes halogenated alkanes) is 1. The van der Waals surface area contributed by atoms with E-state index in [1.807, 2.05) is 25.3 Å². The molecule has 0 aliphatic rings. The molecule has 8 nitrogen and oxygen atoms in total. The number of aliphatic hydroxyl groups is 1. The first-order chi connectivity index (χ1) is 13.8. The van der Waals surface area contributed by atoms with Crippen molar-refractivity contribution in [1.82, 2.24) is 29.5 Å². The molecule has 0 saturated carbocycles. The highest BCUT2D eigenvalue weighted by molar-refractivity contribution is 6.30. The van der Waals surface area contributed by atoms with E-state index in [1.54, 1.807) is 36.9 Å². The summed E-state index contributed by atoms with van der Waals surface area (Å²) in [5, 5.41) is 22.6. The molecule has 0 aliphatic heterocycles. The molecule has 3 aromatic rings. The number of nitrogens with zero attached hydrogens (tertiary/aromatic N) is 6. The first-order valence-electron chi connectivity index (χ1n) is 9.58. The number of hydrogen-bond acceptors (Lipinski definition) is 6. The van der Waals surface area contributed by atoms with Gasteiger partial charge in [-0.2, -0.15) is 5.10 Å². The first kappa shape index (κ1) is 22.8. The van der Waals surface area contributed by atoms with E-state index < -0.39 is 12.3 Å². The Morgan fingerprint density at radius 2 is 1.76 bits per heavy atom. The summed E-state index contributed by atoms with van der Waals surface area (Å²) in [6.07, 6.45) is 7.45. The molecule has 29 heavy (non-hydrogen) atoms. The molecule has 3 rings (SSSR count). The highest BCUT2D eigenvalue weighted by atomic mass is 35.5. The summed E-state index contributed by atoms with van der Waals surface area (Å²) in [5.74, 6) is 0.609. The SMILES string of the molecule is CC(C)(C)C(O)C(Oc1ccc(Cl)cc1)n1cncn1.CCCCn1cnnc1. The van der Waals surface area contributed by atoms with Crippen LogP contribution >= 0.6 is 11.6 Å². The number of benzene rings is 1. The maximum Gasteiger partial charge on any atom is 0.219 e. The predicted octanol–water partition coefficient (Wildman–Crippen LogP) is 3.99. The number of ether oxygens (including phenoxy) is 1. The van der Waals surface area contributed by atoms with Crippen LogP contribution in [-0.2, 0) is 6.54 Å². The topological polar surface area (TPSA) is 90.9 Å². The Morgan fingerprint density at radius 1 is 1.10 bits per heavy atom. The number of aliphatic hydroxyl groups excluding tert-OH is 1. The van der Waals surface area contributed by atoms with Crippen LogP contribution in [0, 0.1) is 5.41 Å². The van der Waals surface area contributed by atoms with Crippen molar-refractivity contribution in [1.29, 1.82) is 0 Å². The first-order valence-corrected chi connectivity index (χ1v) is 9.96. The zero-order valence-electron chi connectivity index (χ0n) is 17.3. The number of hydrogen-bond donors (Lipinski definition) is 1. The maximum absolute atomic E-state index is 10.5. The van der Waals surface area contributed by atoms with E-state index in [2.05, 4.69) is 27.2 Å². The van der Waals surface area contributed by atoms with Gasteiger partial charge in [0.1, 0.15) is 37.2 Å². The largest absolute Gasteiger partial charge is 0.466 e. The fourth-order valence-electron chi connectivity index (χ4n) is 2.37. The Kier molecular flexibility index (Phi) is 8.60. The van der Waals surface area contributed by atoms with E-state index in [-0.39, 0.29) is 5.41 Å². The third kappa shape index (κ3) is 7.47. The van der Waals surface area contributed by atoms with Crippen LogP contribution in [0.25, 0.3) is 0 Å². The van der Waals surface area contributed by atoms with Gasteiger partial charge >= 0.3 is 0 Å². The van der Waals surface area contributed by atoms with Gasteiger partial charge < -0.3 is 14.4 Å². The highest BCUT2D eigenvalue weighted by Crippen LogP contribution is 2.30. The molecular formula is C20H29ClN6O2. The zero-order chi connectivity index (χ0) is 21.3. The second-order valence-electron chi connectivity index (χ2n) is 7.70. The lowest BCUT2D eigenvalue weighted by Crippen LogP contribution is -2.38. The van der Waals surface area contributed by atoms with Gasteiger partial charge in [0, 0.05) is 11.6 Å². The maximum atomic E-state index is 10.5. The molecule has 158 valence electrons. The Balaban J connectivity index is 0.000000278. The monoisotopic (exact) mass is 420 g/mol. The van der Waals surface area contributed by atoms with E-state index in [1.165, 1.54) is 30.2 Å². The van der Waals surface area contributed by atoms with Crippen LogP contribution in [0.1, 0.15) is 46.8 Å².